The number of ether oxygens (including phenoxy) is 2. The van der Waals surface area contributed by atoms with E-state index < -0.39 is 18.0 Å². The van der Waals surface area contributed by atoms with Crippen molar-refractivity contribution in [1.29, 1.82) is 0 Å². The van der Waals surface area contributed by atoms with Crippen LogP contribution in [-0.4, -0.2) is 31.2 Å². The summed E-state index contributed by atoms with van der Waals surface area (Å²) in [6, 6.07) is 6.02. The Morgan fingerprint density at radius 3 is 2.14 bits per heavy atom. The summed E-state index contributed by atoms with van der Waals surface area (Å²) in [5, 5.41) is 7.82. The number of hydrogen-bond donors (Lipinski definition) is 0. The number of carbonyl (C=O) groups excluding carboxylic acids is 2. The molecule has 6 heteroatoms. The minimum atomic E-state index is -1.38. The monoisotopic (exact) mass is 292 g/mol. The molecule has 0 radical (unpaired) electrons. The Labute approximate surface area is 124 Å². The van der Waals surface area contributed by atoms with Crippen molar-refractivity contribution in [1.82, 2.24) is 0 Å². The molecule has 0 spiro atoms. The van der Waals surface area contributed by atoms with Crippen molar-refractivity contribution in [2.75, 3.05) is 13.2 Å². The van der Waals surface area contributed by atoms with E-state index in [1.807, 2.05) is 25.1 Å². The molecule has 0 aliphatic rings. The first kappa shape index (κ1) is 16.8. The molecule has 0 aliphatic heterocycles. The zero-order chi connectivity index (χ0) is 15.7. The molecule has 0 heterocycles. The number of nitrogens with zero attached hydrogens (tertiary/aromatic N) is 2. The predicted octanol–water partition coefficient (Wildman–Crippen LogP) is 2.83. The number of rotatable bonds is 7. The van der Waals surface area contributed by atoms with Crippen LogP contribution in [0.25, 0.3) is 0 Å². The molecule has 1 aromatic rings. The fraction of sp³-hybridized carbons (Fsp3) is 0.467. The molecule has 6 nitrogen and oxygen atoms in total. The Morgan fingerprint density at radius 1 is 1.05 bits per heavy atom. The lowest BCUT2D eigenvalue weighted by atomic mass is 10.1. The average molecular weight is 292 g/mol. The molecule has 0 bridgehead atoms. The third kappa shape index (κ3) is 4.98. The summed E-state index contributed by atoms with van der Waals surface area (Å²) in [6.07, 6.45) is 0.776. The Hall–Kier alpha value is -2.24. The van der Waals surface area contributed by atoms with Crippen molar-refractivity contribution in [3.63, 3.8) is 0 Å². The standard InChI is InChI=1S/C15H20N2O4/c1-4-11-9-7-8-10-12(11)16-17-13(14(18)20-5-2)15(19)21-6-3/h7-10,13H,4-6H2,1-3H3. The summed E-state index contributed by atoms with van der Waals surface area (Å²) in [5.74, 6) is -1.51. The fourth-order valence-electron chi connectivity index (χ4n) is 1.66. The van der Waals surface area contributed by atoms with E-state index in [2.05, 4.69) is 10.2 Å². The molecule has 0 atom stereocenters. The van der Waals surface area contributed by atoms with Gasteiger partial charge in [-0.1, -0.05) is 25.1 Å². The van der Waals surface area contributed by atoms with E-state index in [1.165, 1.54) is 0 Å². The lowest BCUT2D eigenvalue weighted by Crippen LogP contribution is -2.31. The maximum Gasteiger partial charge on any atom is 0.344 e. The first-order chi connectivity index (χ1) is 10.1. The van der Waals surface area contributed by atoms with Crippen LogP contribution >= 0.6 is 0 Å². The average Bonchev–Trinajstić information content (AvgIpc) is 2.48. The van der Waals surface area contributed by atoms with Crippen LogP contribution in [0, 0.1) is 0 Å². The fourth-order valence-corrected chi connectivity index (χ4v) is 1.66. The molecular formula is C15H20N2O4. The first-order valence-electron chi connectivity index (χ1n) is 6.96. The van der Waals surface area contributed by atoms with Gasteiger partial charge in [-0.3, -0.25) is 0 Å². The van der Waals surface area contributed by atoms with Gasteiger partial charge in [0.05, 0.1) is 18.9 Å². The highest BCUT2D eigenvalue weighted by Crippen LogP contribution is 2.20. The van der Waals surface area contributed by atoms with E-state index >= 15 is 0 Å². The van der Waals surface area contributed by atoms with E-state index in [0.29, 0.717) is 5.69 Å². The minimum absolute atomic E-state index is 0.163. The quantitative estimate of drug-likeness (QED) is 0.440. The maximum absolute atomic E-state index is 11.8. The predicted molar refractivity (Wildman–Crippen MR) is 77.4 cm³/mol. The van der Waals surface area contributed by atoms with Crippen LogP contribution in [0.2, 0.25) is 0 Å². The SMILES string of the molecule is CCOC(=O)C(N=Nc1ccccc1CC)C(=O)OCC. The molecule has 0 amide bonds. The van der Waals surface area contributed by atoms with Crippen molar-refractivity contribution in [2.24, 2.45) is 10.2 Å². The molecule has 1 rings (SSSR count). The summed E-state index contributed by atoms with van der Waals surface area (Å²) < 4.78 is 9.65. The summed E-state index contributed by atoms with van der Waals surface area (Å²) >= 11 is 0. The molecule has 1 aromatic carbocycles. The van der Waals surface area contributed by atoms with Gasteiger partial charge in [0, 0.05) is 0 Å². The highest BCUT2D eigenvalue weighted by Gasteiger charge is 2.29. The third-order valence-corrected chi connectivity index (χ3v) is 2.67. The molecular weight excluding hydrogens is 272 g/mol. The molecule has 0 saturated carbocycles. The van der Waals surface area contributed by atoms with Gasteiger partial charge in [-0.15, -0.1) is 0 Å². The number of benzene rings is 1. The van der Waals surface area contributed by atoms with Gasteiger partial charge in [0.15, 0.2) is 0 Å². The van der Waals surface area contributed by atoms with E-state index in [4.69, 9.17) is 9.47 Å². The van der Waals surface area contributed by atoms with Crippen LogP contribution in [0.5, 0.6) is 0 Å². The zero-order valence-corrected chi connectivity index (χ0v) is 12.5. The van der Waals surface area contributed by atoms with Crippen LogP contribution in [0.15, 0.2) is 34.5 Å². The smallest absolute Gasteiger partial charge is 0.344 e. The van der Waals surface area contributed by atoms with Crippen molar-refractivity contribution < 1.29 is 19.1 Å². The largest absolute Gasteiger partial charge is 0.464 e. The van der Waals surface area contributed by atoms with Gasteiger partial charge >= 0.3 is 11.9 Å². The van der Waals surface area contributed by atoms with Gasteiger partial charge < -0.3 is 9.47 Å². The summed E-state index contributed by atoms with van der Waals surface area (Å²) in [5.41, 5.74) is 1.60. The van der Waals surface area contributed by atoms with Gasteiger partial charge in [-0.2, -0.15) is 10.2 Å². The molecule has 0 aromatic heterocycles. The highest BCUT2D eigenvalue weighted by molar-refractivity contribution is 5.99. The second-order valence-electron chi connectivity index (χ2n) is 4.10. The van der Waals surface area contributed by atoms with Crippen molar-refractivity contribution >= 4 is 17.6 Å². The van der Waals surface area contributed by atoms with E-state index in [0.717, 1.165) is 12.0 Å². The zero-order valence-electron chi connectivity index (χ0n) is 12.5. The molecule has 21 heavy (non-hydrogen) atoms. The number of hydrogen-bond acceptors (Lipinski definition) is 6. The summed E-state index contributed by atoms with van der Waals surface area (Å²) in [7, 11) is 0. The van der Waals surface area contributed by atoms with Gasteiger partial charge in [0.2, 0.25) is 0 Å². The van der Waals surface area contributed by atoms with Crippen molar-refractivity contribution in [3.8, 4) is 0 Å². The summed E-state index contributed by atoms with van der Waals surface area (Å²) in [6.45, 7) is 5.63. The lowest BCUT2D eigenvalue weighted by molar-refractivity contribution is -0.156. The van der Waals surface area contributed by atoms with E-state index in [-0.39, 0.29) is 13.2 Å². The molecule has 0 N–H and O–H groups in total. The van der Waals surface area contributed by atoms with Crippen LogP contribution in [0.3, 0.4) is 0 Å². The first-order valence-corrected chi connectivity index (χ1v) is 6.96. The van der Waals surface area contributed by atoms with Crippen LogP contribution < -0.4 is 0 Å². The topological polar surface area (TPSA) is 77.3 Å². The molecule has 0 saturated heterocycles. The maximum atomic E-state index is 11.8. The minimum Gasteiger partial charge on any atom is -0.464 e. The number of carbonyl (C=O) groups is 2. The van der Waals surface area contributed by atoms with Gasteiger partial charge in [-0.25, -0.2) is 9.59 Å². The number of azo groups is 1. The molecule has 114 valence electrons. The normalized spacial score (nSPS) is 10.9. The number of aryl methyl sites for hydroxylation is 1. The third-order valence-electron chi connectivity index (χ3n) is 2.67. The second kappa shape index (κ2) is 8.84. The second-order valence-corrected chi connectivity index (χ2v) is 4.10. The van der Waals surface area contributed by atoms with E-state index in [1.54, 1.807) is 19.9 Å². The Bertz CT molecular complexity index is 496. The number of esters is 2. The molecule has 0 fully saturated rings. The lowest BCUT2D eigenvalue weighted by Gasteiger charge is -2.09. The van der Waals surface area contributed by atoms with Crippen LogP contribution in [0.4, 0.5) is 5.69 Å². The van der Waals surface area contributed by atoms with Gasteiger partial charge in [-0.05, 0) is 31.9 Å². The van der Waals surface area contributed by atoms with E-state index in [9.17, 15) is 9.59 Å². The van der Waals surface area contributed by atoms with Gasteiger partial charge in [0.25, 0.3) is 6.04 Å². The summed E-state index contributed by atoms with van der Waals surface area (Å²) in [4.78, 5) is 23.5. The molecule has 0 aliphatic carbocycles. The van der Waals surface area contributed by atoms with Crippen LogP contribution in [0.1, 0.15) is 26.3 Å². The van der Waals surface area contributed by atoms with Crippen molar-refractivity contribution in [2.45, 2.75) is 33.2 Å². The van der Waals surface area contributed by atoms with Crippen LogP contribution in [-0.2, 0) is 25.5 Å². The Balaban J connectivity index is 2.96. The highest BCUT2D eigenvalue weighted by atomic mass is 16.6. The van der Waals surface area contributed by atoms with Crippen molar-refractivity contribution in [3.05, 3.63) is 29.8 Å². The Kier molecular flexibility index (Phi) is 7.08. The Morgan fingerprint density at radius 2 is 1.62 bits per heavy atom. The molecule has 0 unspecified atom stereocenters. The van der Waals surface area contributed by atoms with Gasteiger partial charge in [0.1, 0.15) is 0 Å².